The summed E-state index contributed by atoms with van der Waals surface area (Å²) >= 11 is 12.0. The van der Waals surface area contributed by atoms with Crippen molar-refractivity contribution >= 4 is 40.8 Å². The zero-order valence-electron chi connectivity index (χ0n) is 20.0. The van der Waals surface area contributed by atoms with Crippen molar-refractivity contribution in [3.8, 4) is 17.3 Å². The number of alkyl halides is 3. The summed E-state index contributed by atoms with van der Waals surface area (Å²) in [5, 5.41) is 18.0. The van der Waals surface area contributed by atoms with Gasteiger partial charge in [-0.05, 0) is 44.2 Å². The summed E-state index contributed by atoms with van der Waals surface area (Å²) in [6.07, 6.45) is 0.235. The first-order valence-corrected chi connectivity index (χ1v) is 11.9. The molecule has 0 saturated carbocycles. The van der Waals surface area contributed by atoms with Gasteiger partial charge in [0.15, 0.2) is 0 Å². The van der Waals surface area contributed by atoms with Gasteiger partial charge in [-0.1, -0.05) is 46.6 Å². The molecule has 1 aliphatic rings. The van der Waals surface area contributed by atoms with Crippen molar-refractivity contribution in [3.63, 3.8) is 0 Å². The molecular formula is C25H19Cl2F3N6O2. The smallest absolute Gasteiger partial charge is 0.306 e. The third-order valence-electron chi connectivity index (χ3n) is 6.01. The van der Waals surface area contributed by atoms with Crippen LogP contribution in [0.2, 0.25) is 10.0 Å². The predicted octanol–water partition coefficient (Wildman–Crippen LogP) is 5.95. The first-order chi connectivity index (χ1) is 17.8. The molecule has 1 aromatic heterocycles. The molecule has 8 nitrogen and oxygen atoms in total. The van der Waals surface area contributed by atoms with Crippen LogP contribution in [0.5, 0.6) is 0 Å². The van der Waals surface area contributed by atoms with Gasteiger partial charge >= 0.3 is 12.2 Å². The Morgan fingerprint density at radius 3 is 2.42 bits per heavy atom. The highest BCUT2D eigenvalue weighted by Gasteiger charge is 2.51. The van der Waals surface area contributed by atoms with Crippen molar-refractivity contribution in [3.05, 3.63) is 75.9 Å². The molecule has 3 amide bonds. The fourth-order valence-corrected chi connectivity index (χ4v) is 4.21. The van der Waals surface area contributed by atoms with Gasteiger partial charge in [0.25, 0.3) is 5.91 Å². The number of halogens is 5. The van der Waals surface area contributed by atoms with Crippen molar-refractivity contribution < 1.29 is 22.8 Å². The van der Waals surface area contributed by atoms with Crippen LogP contribution in [-0.2, 0) is 17.5 Å². The van der Waals surface area contributed by atoms with E-state index in [1.807, 2.05) is 0 Å². The first-order valence-electron chi connectivity index (χ1n) is 11.1. The third-order valence-corrected chi connectivity index (χ3v) is 6.75. The van der Waals surface area contributed by atoms with E-state index in [1.165, 1.54) is 24.8 Å². The van der Waals surface area contributed by atoms with Gasteiger partial charge in [0.2, 0.25) is 0 Å². The average molecular weight is 563 g/mol. The number of benzene rings is 2. The number of nitriles is 1. The highest BCUT2D eigenvalue weighted by Crippen LogP contribution is 2.37. The van der Waals surface area contributed by atoms with Gasteiger partial charge in [-0.25, -0.2) is 14.4 Å². The Hall–Kier alpha value is -3.88. The number of rotatable bonds is 6. The Balaban J connectivity index is 1.48. The molecular weight excluding hydrogens is 544 g/mol. The number of imide groups is 1. The summed E-state index contributed by atoms with van der Waals surface area (Å²) in [4.78, 5) is 28.1. The highest BCUT2D eigenvalue weighted by molar-refractivity contribution is 6.42. The van der Waals surface area contributed by atoms with Gasteiger partial charge in [0.1, 0.15) is 11.2 Å². The van der Waals surface area contributed by atoms with Gasteiger partial charge in [-0.2, -0.15) is 18.4 Å². The SMILES string of the molecule is CC1(C)C(=O)N(c2ccc(C#N)c(C(F)(F)F)c2)C(=O)N1C/C=C\Cn1cc(-c2ccc(Cl)c(Cl)c2)nn1. The standard InChI is InChI=1S/C25H19Cl2F3N6O2/c1-24(2)22(37)36(17-7-5-16(13-31)18(12-17)25(28,29)30)23(38)35(24)10-4-3-9-34-14-21(32-33-34)15-6-8-19(26)20(27)11-15/h3-8,11-12,14H,9-10H2,1-2H3/b4-3-. The molecule has 4 rings (SSSR count). The molecule has 0 spiro atoms. The Kier molecular flexibility index (Phi) is 7.23. The minimum atomic E-state index is -4.83. The Labute approximate surface area is 225 Å². The fourth-order valence-electron chi connectivity index (χ4n) is 3.91. The fraction of sp³-hybridized carbons (Fsp3) is 0.240. The molecule has 0 atom stereocenters. The van der Waals surface area contributed by atoms with E-state index in [2.05, 4.69) is 10.3 Å². The zero-order chi connectivity index (χ0) is 27.8. The number of carbonyl (C=O) groups excluding carboxylic acids is 2. The van der Waals surface area contributed by atoms with E-state index in [4.69, 9.17) is 28.5 Å². The van der Waals surface area contributed by atoms with Gasteiger partial charge < -0.3 is 4.90 Å². The summed E-state index contributed by atoms with van der Waals surface area (Å²) in [5.41, 5.74) is -2.09. The van der Waals surface area contributed by atoms with Crippen molar-refractivity contribution in [2.75, 3.05) is 11.4 Å². The number of hydrogen-bond donors (Lipinski definition) is 0. The van der Waals surface area contributed by atoms with E-state index in [9.17, 15) is 22.8 Å². The van der Waals surface area contributed by atoms with Crippen molar-refractivity contribution in [2.24, 2.45) is 0 Å². The molecule has 1 fully saturated rings. The zero-order valence-corrected chi connectivity index (χ0v) is 21.5. The second-order valence-electron chi connectivity index (χ2n) is 8.86. The summed E-state index contributed by atoms with van der Waals surface area (Å²) in [6, 6.07) is 8.52. The van der Waals surface area contributed by atoms with Crippen LogP contribution in [0.15, 0.2) is 54.7 Å². The van der Waals surface area contributed by atoms with Crippen LogP contribution in [0.3, 0.4) is 0 Å². The number of allylic oxidation sites excluding steroid dienone is 1. The number of carbonyl (C=O) groups is 2. The van der Waals surface area contributed by atoms with E-state index in [0.717, 1.165) is 17.7 Å². The Morgan fingerprint density at radius 1 is 1.05 bits per heavy atom. The normalized spacial score (nSPS) is 15.5. The highest BCUT2D eigenvalue weighted by atomic mass is 35.5. The summed E-state index contributed by atoms with van der Waals surface area (Å²) in [6.45, 7) is 3.34. The Bertz CT molecular complexity index is 1490. The van der Waals surface area contributed by atoms with Gasteiger partial charge in [-0.15, -0.1) is 5.10 Å². The molecule has 1 aliphatic heterocycles. The Morgan fingerprint density at radius 2 is 1.76 bits per heavy atom. The molecule has 2 aromatic carbocycles. The predicted molar refractivity (Wildman–Crippen MR) is 134 cm³/mol. The van der Waals surface area contributed by atoms with Crippen LogP contribution in [0.4, 0.5) is 23.7 Å². The molecule has 1 saturated heterocycles. The van der Waals surface area contributed by atoms with Crippen LogP contribution < -0.4 is 4.90 Å². The van der Waals surface area contributed by atoms with Gasteiger partial charge in [0, 0.05) is 12.1 Å². The second-order valence-corrected chi connectivity index (χ2v) is 9.67. The van der Waals surface area contributed by atoms with Crippen molar-refractivity contribution in [2.45, 2.75) is 32.1 Å². The lowest BCUT2D eigenvalue weighted by atomic mass is 10.0. The van der Waals surface area contributed by atoms with Crippen molar-refractivity contribution in [1.29, 1.82) is 5.26 Å². The minimum absolute atomic E-state index is 0.0187. The number of hydrogen-bond acceptors (Lipinski definition) is 5. The molecule has 2 heterocycles. The van der Waals surface area contributed by atoms with Gasteiger partial charge in [0.05, 0.1) is 45.7 Å². The minimum Gasteiger partial charge on any atom is -0.306 e. The molecule has 38 heavy (non-hydrogen) atoms. The molecule has 196 valence electrons. The van der Waals surface area contributed by atoms with E-state index in [1.54, 1.807) is 41.2 Å². The lowest BCUT2D eigenvalue weighted by molar-refractivity contribution is -0.137. The lowest BCUT2D eigenvalue weighted by Crippen LogP contribution is -2.44. The van der Waals surface area contributed by atoms with Crippen LogP contribution in [0.1, 0.15) is 25.0 Å². The molecule has 0 aliphatic carbocycles. The molecule has 3 aromatic rings. The maximum Gasteiger partial charge on any atom is 0.417 e. The quantitative estimate of drug-likeness (QED) is 0.273. The summed E-state index contributed by atoms with van der Waals surface area (Å²) < 4.78 is 41.8. The van der Waals surface area contributed by atoms with Gasteiger partial charge in [-0.3, -0.25) is 4.79 Å². The topological polar surface area (TPSA) is 95.1 Å². The van der Waals surface area contributed by atoms with Crippen molar-refractivity contribution in [1.82, 2.24) is 19.9 Å². The first kappa shape index (κ1) is 27.2. The van der Waals surface area contributed by atoms with Crippen LogP contribution >= 0.6 is 23.2 Å². The molecule has 0 bridgehead atoms. The molecule has 0 unspecified atom stereocenters. The van der Waals surface area contributed by atoms with Crippen LogP contribution in [-0.4, -0.2) is 43.9 Å². The molecule has 0 radical (unpaired) electrons. The maximum atomic E-state index is 13.4. The van der Waals surface area contributed by atoms with E-state index < -0.39 is 34.8 Å². The summed E-state index contributed by atoms with van der Waals surface area (Å²) in [7, 11) is 0. The van der Waals surface area contributed by atoms with E-state index in [-0.39, 0.29) is 12.2 Å². The molecule has 13 heteroatoms. The van der Waals surface area contributed by atoms with Crippen LogP contribution in [0, 0.1) is 11.3 Å². The summed E-state index contributed by atoms with van der Waals surface area (Å²) in [5.74, 6) is -0.684. The number of urea groups is 1. The lowest BCUT2D eigenvalue weighted by Gasteiger charge is -2.26. The number of aromatic nitrogens is 3. The monoisotopic (exact) mass is 562 g/mol. The average Bonchev–Trinajstić information content (AvgIpc) is 3.39. The van der Waals surface area contributed by atoms with E-state index >= 15 is 0 Å². The van der Waals surface area contributed by atoms with E-state index in [0.29, 0.717) is 33.3 Å². The second kappa shape index (κ2) is 10.1. The third kappa shape index (κ3) is 5.10. The maximum absolute atomic E-state index is 13.4. The number of nitrogens with zero attached hydrogens (tertiary/aromatic N) is 6. The van der Waals surface area contributed by atoms with Crippen LogP contribution in [0.25, 0.3) is 11.3 Å². The number of anilines is 1. The number of amides is 3. The molecule has 0 N–H and O–H groups in total. The largest absolute Gasteiger partial charge is 0.417 e.